The molecule has 0 spiro atoms. The van der Waals surface area contributed by atoms with Crippen LogP contribution in [-0.2, 0) is 9.53 Å². The van der Waals surface area contributed by atoms with Crippen molar-refractivity contribution >= 4 is 11.6 Å². The van der Waals surface area contributed by atoms with Gasteiger partial charge < -0.3 is 4.74 Å². The quantitative estimate of drug-likeness (QED) is 0.406. The number of amides is 1. The molecular weight excluding hydrogens is 214 g/mol. The zero-order valence-electron chi connectivity index (χ0n) is 11.8. The topological polar surface area (TPSA) is 29.3 Å². The van der Waals surface area contributed by atoms with Crippen LogP contribution in [0.5, 0.6) is 0 Å². The van der Waals surface area contributed by atoms with E-state index in [0.717, 1.165) is 19.4 Å². The highest BCUT2D eigenvalue weighted by Crippen LogP contribution is 2.21. The molecule has 0 aromatic heterocycles. The molecule has 0 saturated carbocycles. The summed E-state index contributed by atoms with van der Waals surface area (Å²) < 4.78 is 7.65. The Morgan fingerprint density at radius 2 is 1.94 bits per heavy atom. The Labute approximate surface area is 105 Å². The van der Waals surface area contributed by atoms with Gasteiger partial charge in [-0.25, -0.2) is 4.79 Å². The van der Waals surface area contributed by atoms with E-state index in [1.807, 2.05) is 4.58 Å². The van der Waals surface area contributed by atoms with Crippen molar-refractivity contribution in [3.8, 4) is 0 Å². The number of rotatable bonds is 6. The molecule has 3 heteroatoms. The highest BCUT2D eigenvalue weighted by molar-refractivity contribution is 5.90. The van der Waals surface area contributed by atoms with Gasteiger partial charge in [0.1, 0.15) is 0 Å². The maximum absolute atomic E-state index is 11.7. The van der Waals surface area contributed by atoms with Crippen molar-refractivity contribution in [3.63, 3.8) is 0 Å². The minimum atomic E-state index is -0.00569. The second-order valence-electron chi connectivity index (χ2n) is 5.38. The van der Waals surface area contributed by atoms with Gasteiger partial charge in [-0.05, 0) is 6.42 Å². The third-order valence-electron chi connectivity index (χ3n) is 3.18. The fraction of sp³-hybridized carbons (Fsp3) is 0.857. The molecule has 1 atom stereocenters. The van der Waals surface area contributed by atoms with Crippen LogP contribution >= 0.6 is 0 Å². The lowest BCUT2D eigenvalue weighted by molar-refractivity contribution is -0.587. The van der Waals surface area contributed by atoms with E-state index < -0.39 is 0 Å². The van der Waals surface area contributed by atoms with Gasteiger partial charge in [-0.15, -0.1) is 4.58 Å². The molecule has 1 heterocycles. The summed E-state index contributed by atoms with van der Waals surface area (Å²) in [6, 6.07) is 0. The smallest absolute Gasteiger partial charge is 0.320 e. The van der Waals surface area contributed by atoms with Crippen molar-refractivity contribution in [1.82, 2.24) is 0 Å². The molecule has 1 rings (SSSR count). The molecule has 1 fully saturated rings. The number of carbonyl (C=O) groups excluding carboxylic acids is 1. The first-order valence-electron chi connectivity index (χ1n) is 6.79. The normalized spacial score (nSPS) is 20.1. The Morgan fingerprint density at radius 3 is 2.35 bits per heavy atom. The summed E-state index contributed by atoms with van der Waals surface area (Å²) in [4.78, 5) is 11.7. The van der Waals surface area contributed by atoms with E-state index in [4.69, 9.17) is 4.74 Å². The summed E-state index contributed by atoms with van der Waals surface area (Å²) >= 11 is 0. The van der Waals surface area contributed by atoms with Crippen LogP contribution in [0.4, 0.5) is 0 Å². The van der Waals surface area contributed by atoms with Crippen LogP contribution in [0.1, 0.15) is 53.9 Å². The minimum Gasteiger partial charge on any atom is -0.320 e. The molecule has 1 aliphatic rings. The molecule has 0 N–H and O–H groups in total. The molecule has 0 bridgehead atoms. The van der Waals surface area contributed by atoms with E-state index >= 15 is 0 Å². The lowest BCUT2D eigenvalue weighted by atomic mass is 9.94. The maximum Gasteiger partial charge on any atom is 0.398 e. The Balaban J connectivity index is 2.76. The molecule has 3 nitrogen and oxygen atoms in total. The van der Waals surface area contributed by atoms with Gasteiger partial charge in [0.15, 0.2) is 12.1 Å². The molecule has 17 heavy (non-hydrogen) atoms. The van der Waals surface area contributed by atoms with Crippen LogP contribution in [0.15, 0.2) is 0 Å². The summed E-state index contributed by atoms with van der Waals surface area (Å²) in [6.07, 6.45) is 2.74. The Bertz CT molecular complexity index is 295. The highest BCUT2D eigenvalue weighted by atomic mass is 16.5. The molecule has 1 amide bonds. The molecular formula is C14H26NO2+. The van der Waals surface area contributed by atoms with Crippen molar-refractivity contribution in [2.24, 2.45) is 11.8 Å². The van der Waals surface area contributed by atoms with Gasteiger partial charge in [-0.3, -0.25) is 0 Å². The van der Waals surface area contributed by atoms with Crippen LogP contribution in [0.3, 0.4) is 0 Å². The predicted octanol–water partition coefficient (Wildman–Crippen LogP) is 2.83. The van der Waals surface area contributed by atoms with Crippen LogP contribution in [0.2, 0.25) is 0 Å². The summed E-state index contributed by atoms with van der Waals surface area (Å²) in [6.45, 7) is 11.5. The van der Waals surface area contributed by atoms with E-state index in [0.29, 0.717) is 18.3 Å². The standard InChI is InChI=1S/C14H26NO2/c1-6-7-8-17-13-9-12(16)15(13)14(10(2)3)11(4)5/h10-11,13H,6-9H2,1-5H3/q+1. The van der Waals surface area contributed by atoms with Gasteiger partial charge in [0.25, 0.3) is 6.23 Å². The largest absolute Gasteiger partial charge is 0.398 e. The van der Waals surface area contributed by atoms with Gasteiger partial charge in [0.2, 0.25) is 0 Å². The van der Waals surface area contributed by atoms with Gasteiger partial charge in [-0.2, -0.15) is 0 Å². The fourth-order valence-electron chi connectivity index (χ4n) is 2.42. The molecule has 1 aliphatic heterocycles. The van der Waals surface area contributed by atoms with E-state index in [1.165, 1.54) is 5.71 Å². The SMILES string of the molecule is CCCCOC1CC(=O)[N+]1=C(C(C)C)C(C)C. The monoisotopic (exact) mass is 240 g/mol. The molecule has 0 aliphatic carbocycles. The Hall–Kier alpha value is -0.700. The predicted molar refractivity (Wildman–Crippen MR) is 69.2 cm³/mol. The number of hydrogen-bond donors (Lipinski definition) is 0. The summed E-state index contributed by atoms with van der Waals surface area (Å²) in [5.41, 5.74) is 1.21. The van der Waals surface area contributed by atoms with Crippen molar-refractivity contribution in [2.45, 2.75) is 60.1 Å². The summed E-state index contributed by atoms with van der Waals surface area (Å²) in [7, 11) is 0. The van der Waals surface area contributed by atoms with Crippen molar-refractivity contribution < 1.29 is 14.1 Å². The Morgan fingerprint density at radius 1 is 1.35 bits per heavy atom. The number of hydrogen-bond acceptors (Lipinski definition) is 2. The van der Waals surface area contributed by atoms with Crippen molar-refractivity contribution in [3.05, 3.63) is 0 Å². The van der Waals surface area contributed by atoms with Crippen molar-refractivity contribution in [1.29, 1.82) is 0 Å². The second kappa shape index (κ2) is 6.29. The maximum atomic E-state index is 11.7. The Kier molecular flexibility index (Phi) is 5.31. The fourth-order valence-corrected chi connectivity index (χ4v) is 2.42. The molecule has 98 valence electrons. The van der Waals surface area contributed by atoms with Crippen LogP contribution in [-0.4, -0.2) is 29.0 Å². The number of β-lactam (4-membered cyclic amide) rings is 1. The first-order valence-corrected chi connectivity index (χ1v) is 6.79. The van der Waals surface area contributed by atoms with Crippen LogP contribution < -0.4 is 0 Å². The first kappa shape index (κ1) is 14.4. The lowest BCUT2D eigenvalue weighted by Crippen LogP contribution is -2.52. The average Bonchev–Trinajstić information content (AvgIpc) is 2.23. The third-order valence-corrected chi connectivity index (χ3v) is 3.18. The first-order chi connectivity index (χ1) is 7.99. The van der Waals surface area contributed by atoms with Gasteiger partial charge in [-0.1, -0.05) is 41.0 Å². The number of unbranched alkanes of at least 4 members (excludes halogenated alkanes) is 1. The van der Waals surface area contributed by atoms with Gasteiger partial charge in [0.05, 0.1) is 6.61 Å². The van der Waals surface area contributed by atoms with Gasteiger partial charge in [0, 0.05) is 11.8 Å². The van der Waals surface area contributed by atoms with E-state index in [-0.39, 0.29) is 12.1 Å². The minimum absolute atomic E-state index is 0.00569. The zero-order chi connectivity index (χ0) is 13.0. The molecule has 1 unspecified atom stereocenters. The lowest BCUT2D eigenvalue weighted by Gasteiger charge is -2.26. The highest BCUT2D eigenvalue weighted by Gasteiger charge is 2.47. The van der Waals surface area contributed by atoms with E-state index in [2.05, 4.69) is 34.6 Å². The number of nitrogens with zero attached hydrogens (tertiary/aromatic N) is 1. The third kappa shape index (κ3) is 3.38. The van der Waals surface area contributed by atoms with Crippen molar-refractivity contribution in [2.75, 3.05) is 6.61 Å². The molecule has 0 aromatic rings. The molecule has 0 radical (unpaired) electrons. The van der Waals surface area contributed by atoms with Crippen LogP contribution in [0.25, 0.3) is 0 Å². The second-order valence-corrected chi connectivity index (χ2v) is 5.38. The number of carbonyl (C=O) groups is 1. The zero-order valence-corrected chi connectivity index (χ0v) is 11.8. The van der Waals surface area contributed by atoms with E-state index in [1.54, 1.807) is 0 Å². The molecule has 0 aromatic carbocycles. The summed E-state index contributed by atoms with van der Waals surface area (Å²) in [5.74, 6) is 1.01. The molecule has 1 saturated heterocycles. The summed E-state index contributed by atoms with van der Waals surface area (Å²) in [5, 5.41) is 0. The van der Waals surface area contributed by atoms with Gasteiger partial charge >= 0.3 is 5.91 Å². The average molecular weight is 240 g/mol. The van der Waals surface area contributed by atoms with Crippen LogP contribution in [0, 0.1) is 11.8 Å². The van der Waals surface area contributed by atoms with E-state index in [9.17, 15) is 4.79 Å². The number of ether oxygens (including phenoxy) is 1.